The van der Waals surface area contributed by atoms with E-state index in [0.717, 1.165) is 23.5 Å². The first-order valence-corrected chi connectivity index (χ1v) is 8.97. The summed E-state index contributed by atoms with van der Waals surface area (Å²) in [7, 11) is 0. The molecule has 2 aromatic rings. The fourth-order valence-electron chi connectivity index (χ4n) is 4.65. The van der Waals surface area contributed by atoms with Gasteiger partial charge >= 0.3 is 0 Å². The average Bonchev–Trinajstić information content (AvgIpc) is 3.27. The summed E-state index contributed by atoms with van der Waals surface area (Å²) in [4.78, 5) is 16.0. The van der Waals surface area contributed by atoms with E-state index in [1.165, 1.54) is 22.9 Å². The smallest absolute Gasteiger partial charge is 0.264 e. The molecule has 3 aliphatic rings. The van der Waals surface area contributed by atoms with Crippen LogP contribution in [0, 0.1) is 18.8 Å². The highest BCUT2D eigenvalue weighted by molar-refractivity contribution is 7.21. The molecular weight excluding hydrogens is 294 g/mol. The maximum absolute atomic E-state index is 13.0. The molecule has 4 heterocycles. The lowest BCUT2D eigenvalue weighted by molar-refractivity contribution is 0.0596. The second-order valence-electron chi connectivity index (χ2n) is 6.88. The van der Waals surface area contributed by atoms with Crippen molar-refractivity contribution in [3.63, 3.8) is 0 Å². The molecule has 3 aliphatic heterocycles. The van der Waals surface area contributed by atoms with Crippen LogP contribution in [0.5, 0.6) is 0 Å². The fourth-order valence-corrected chi connectivity index (χ4v) is 5.82. The lowest BCUT2D eigenvalue weighted by Gasteiger charge is -2.18. The predicted octanol–water partition coefficient (Wildman–Crippen LogP) is 3.46. The maximum atomic E-state index is 13.0. The Labute approximate surface area is 133 Å². The van der Waals surface area contributed by atoms with Gasteiger partial charge in [-0.3, -0.25) is 4.79 Å². The Morgan fingerprint density at radius 1 is 1.18 bits per heavy atom. The number of carbonyl (C=O) groups is 1. The van der Waals surface area contributed by atoms with Crippen LogP contribution in [0.3, 0.4) is 0 Å². The SMILES string of the molecule is Cc1c(C(=O)N2C[C@@H]3[C@H](C2)[C@H]2CC[C@@H]3O2)sc2ccccc12. The molecule has 114 valence electrons. The number of amides is 1. The molecule has 1 amide bonds. The molecule has 1 aromatic heterocycles. The Morgan fingerprint density at radius 3 is 2.55 bits per heavy atom. The van der Waals surface area contributed by atoms with Gasteiger partial charge in [0.15, 0.2) is 0 Å². The number of hydrogen-bond acceptors (Lipinski definition) is 3. The number of nitrogens with zero attached hydrogens (tertiary/aromatic N) is 1. The normalized spacial score (nSPS) is 32.9. The predicted molar refractivity (Wildman–Crippen MR) is 87.3 cm³/mol. The van der Waals surface area contributed by atoms with Crippen LogP contribution in [0.15, 0.2) is 24.3 Å². The lowest BCUT2D eigenvalue weighted by atomic mass is 9.82. The van der Waals surface area contributed by atoms with Crippen LogP contribution in [0.4, 0.5) is 0 Å². The molecule has 5 rings (SSSR count). The molecule has 3 nitrogen and oxygen atoms in total. The molecule has 0 aliphatic carbocycles. The maximum Gasteiger partial charge on any atom is 0.264 e. The van der Waals surface area contributed by atoms with E-state index in [1.807, 2.05) is 12.1 Å². The van der Waals surface area contributed by atoms with Crippen LogP contribution < -0.4 is 0 Å². The summed E-state index contributed by atoms with van der Waals surface area (Å²) in [6.07, 6.45) is 3.21. The van der Waals surface area contributed by atoms with Crippen molar-refractivity contribution in [2.75, 3.05) is 13.1 Å². The first kappa shape index (κ1) is 13.1. The average molecular weight is 313 g/mol. The van der Waals surface area contributed by atoms with E-state index in [1.54, 1.807) is 11.3 Å². The zero-order chi connectivity index (χ0) is 14.8. The van der Waals surface area contributed by atoms with Crippen LogP contribution in [0.2, 0.25) is 0 Å². The quantitative estimate of drug-likeness (QED) is 0.807. The summed E-state index contributed by atoms with van der Waals surface area (Å²) >= 11 is 1.64. The Bertz CT molecular complexity index is 750. The van der Waals surface area contributed by atoms with E-state index >= 15 is 0 Å². The third-order valence-electron chi connectivity index (χ3n) is 5.78. The van der Waals surface area contributed by atoms with Gasteiger partial charge in [0, 0.05) is 29.6 Å². The van der Waals surface area contributed by atoms with Gasteiger partial charge in [-0.15, -0.1) is 11.3 Å². The van der Waals surface area contributed by atoms with Crippen molar-refractivity contribution in [2.24, 2.45) is 11.8 Å². The molecule has 0 saturated carbocycles. The molecule has 0 N–H and O–H groups in total. The largest absolute Gasteiger partial charge is 0.374 e. The van der Waals surface area contributed by atoms with Gasteiger partial charge in [0.25, 0.3) is 5.91 Å². The molecule has 2 bridgehead atoms. The highest BCUT2D eigenvalue weighted by Crippen LogP contribution is 2.47. The van der Waals surface area contributed by atoms with E-state index in [0.29, 0.717) is 24.0 Å². The highest BCUT2D eigenvalue weighted by atomic mass is 32.1. The number of ether oxygens (including phenoxy) is 1. The van der Waals surface area contributed by atoms with Crippen LogP contribution >= 0.6 is 11.3 Å². The molecule has 0 spiro atoms. The number of rotatable bonds is 1. The molecule has 1 aromatic carbocycles. The molecular formula is C18H19NO2S. The van der Waals surface area contributed by atoms with Crippen molar-refractivity contribution in [1.82, 2.24) is 4.90 Å². The van der Waals surface area contributed by atoms with E-state index in [9.17, 15) is 4.79 Å². The van der Waals surface area contributed by atoms with Crippen LogP contribution in [0.1, 0.15) is 28.1 Å². The summed E-state index contributed by atoms with van der Waals surface area (Å²) in [5.74, 6) is 1.39. The topological polar surface area (TPSA) is 29.5 Å². The number of aryl methyl sites for hydroxylation is 1. The number of fused-ring (bicyclic) bond motifs is 6. The summed E-state index contributed by atoms with van der Waals surface area (Å²) in [5, 5.41) is 1.22. The summed E-state index contributed by atoms with van der Waals surface area (Å²) in [5.41, 5.74) is 1.14. The Kier molecular flexibility index (Phi) is 2.71. The van der Waals surface area contributed by atoms with Crippen molar-refractivity contribution in [3.05, 3.63) is 34.7 Å². The van der Waals surface area contributed by atoms with Crippen LogP contribution in [-0.2, 0) is 4.74 Å². The van der Waals surface area contributed by atoms with Crippen molar-refractivity contribution >= 4 is 27.3 Å². The molecule has 3 fully saturated rings. The molecule has 22 heavy (non-hydrogen) atoms. The first-order chi connectivity index (χ1) is 10.7. The number of thiophene rings is 1. The minimum absolute atomic E-state index is 0.229. The van der Waals surface area contributed by atoms with Gasteiger partial charge in [-0.25, -0.2) is 0 Å². The summed E-state index contributed by atoms with van der Waals surface area (Å²) in [6, 6.07) is 8.31. The third-order valence-corrected chi connectivity index (χ3v) is 7.04. The first-order valence-electron chi connectivity index (χ1n) is 8.15. The van der Waals surface area contributed by atoms with Crippen LogP contribution in [0.25, 0.3) is 10.1 Å². The van der Waals surface area contributed by atoms with E-state index in [2.05, 4.69) is 24.0 Å². The molecule has 4 heteroatoms. The van der Waals surface area contributed by atoms with Crippen molar-refractivity contribution < 1.29 is 9.53 Å². The molecule has 0 radical (unpaired) electrons. The number of carbonyl (C=O) groups excluding carboxylic acids is 1. The number of hydrogen-bond donors (Lipinski definition) is 0. The minimum atomic E-state index is 0.229. The van der Waals surface area contributed by atoms with E-state index in [-0.39, 0.29) is 5.91 Å². The van der Waals surface area contributed by atoms with E-state index < -0.39 is 0 Å². The zero-order valence-electron chi connectivity index (χ0n) is 12.6. The second-order valence-corrected chi connectivity index (χ2v) is 7.93. The molecule has 3 saturated heterocycles. The van der Waals surface area contributed by atoms with Gasteiger partial charge in [0.05, 0.1) is 17.1 Å². The summed E-state index contributed by atoms with van der Waals surface area (Å²) in [6.45, 7) is 3.85. The molecule has 4 atom stereocenters. The van der Waals surface area contributed by atoms with Crippen LogP contribution in [-0.4, -0.2) is 36.1 Å². The zero-order valence-corrected chi connectivity index (χ0v) is 13.4. The van der Waals surface area contributed by atoms with Gasteiger partial charge in [-0.2, -0.15) is 0 Å². The van der Waals surface area contributed by atoms with E-state index in [4.69, 9.17) is 4.74 Å². The highest BCUT2D eigenvalue weighted by Gasteiger charge is 2.53. The lowest BCUT2D eigenvalue weighted by Crippen LogP contribution is -2.31. The summed E-state index contributed by atoms with van der Waals surface area (Å²) < 4.78 is 7.22. The second kappa shape index (κ2) is 4.56. The van der Waals surface area contributed by atoms with Gasteiger partial charge in [0.2, 0.25) is 0 Å². The number of benzene rings is 1. The van der Waals surface area contributed by atoms with Crippen molar-refractivity contribution in [1.29, 1.82) is 0 Å². The van der Waals surface area contributed by atoms with Crippen molar-refractivity contribution in [2.45, 2.75) is 32.0 Å². The fraction of sp³-hybridized carbons (Fsp3) is 0.500. The number of likely N-dealkylation sites (tertiary alicyclic amines) is 1. The standard InChI is InChI=1S/C18H19NO2S/c1-10-11-4-2-3-5-16(11)22-17(10)18(20)19-8-12-13(9-19)15-7-6-14(12)21-15/h2-5,12-15H,6-9H2,1H3/t12-,13+,14+,15-. The van der Waals surface area contributed by atoms with Gasteiger partial charge in [0.1, 0.15) is 0 Å². The third kappa shape index (κ3) is 1.68. The Hall–Kier alpha value is -1.39. The van der Waals surface area contributed by atoms with Gasteiger partial charge in [-0.05, 0) is 36.8 Å². The monoisotopic (exact) mass is 313 g/mol. The minimum Gasteiger partial charge on any atom is -0.374 e. The van der Waals surface area contributed by atoms with Crippen molar-refractivity contribution in [3.8, 4) is 0 Å². The van der Waals surface area contributed by atoms with Gasteiger partial charge < -0.3 is 9.64 Å². The van der Waals surface area contributed by atoms with Gasteiger partial charge in [-0.1, -0.05) is 18.2 Å². The Morgan fingerprint density at radius 2 is 1.86 bits per heavy atom. The molecule has 0 unspecified atom stereocenters. The Balaban J connectivity index is 1.46.